The van der Waals surface area contributed by atoms with E-state index in [9.17, 15) is 0 Å². The van der Waals surface area contributed by atoms with E-state index in [2.05, 4.69) is 85.0 Å². The molecule has 0 atom stereocenters. The fourth-order valence-corrected chi connectivity index (χ4v) is 3.17. The van der Waals surface area contributed by atoms with Crippen LogP contribution in [0.25, 0.3) is 24.3 Å². The zero-order valence-corrected chi connectivity index (χ0v) is 16.8. The molecule has 0 aromatic heterocycles. The second-order valence-corrected chi connectivity index (χ2v) is 7.04. The largest absolute Gasteiger partial charge is 0.489 e. The van der Waals surface area contributed by atoms with Gasteiger partial charge in [-0.1, -0.05) is 121 Å². The molecule has 146 valence electrons. The lowest BCUT2D eigenvalue weighted by molar-refractivity contribution is 0.306. The van der Waals surface area contributed by atoms with Gasteiger partial charge in [-0.2, -0.15) is 0 Å². The minimum atomic E-state index is 0.536. The Balaban J connectivity index is 1.39. The first-order chi connectivity index (χ1) is 14.9. The lowest BCUT2D eigenvalue weighted by Crippen LogP contribution is -1.97. The lowest BCUT2D eigenvalue weighted by Gasteiger charge is -2.09. The monoisotopic (exact) mass is 388 g/mol. The molecule has 0 aliphatic carbocycles. The number of rotatable bonds is 7. The minimum absolute atomic E-state index is 0.536. The maximum absolute atomic E-state index is 6.04. The third-order valence-corrected chi connectivity index (χ3v) is 4.85. The molecule has 0 spiro atoms. The average Bonchev–Trinajstić information content (AvgIpc) is 2.82. The highest BCUT2D eigenvalue weighted by atomic mass is 16.5. The van der Waals surface area contributed by atoms with Crippen LogP contribution in [0.5, 0.6) is 5.75 Å². The molecule has 4 aromatic carbocycles. The summed E-state index contributed by atoms with van der Waals surface area (Å²) in [5, 5.41) is 0. The zero-order chi connectivity index (χ0) is 20.4. The second kappa shape index (κ2) is 10.1. The first-order valence-electron chi connectivity index (χ1n) is 10.1. The van der Waals surface area contributed by atoms with Gasteiger partial charge in [0.1, 0.15) is 12.4 Å². The van der Waals surface area contributed by atoms with Crippen molar-refractivity contribution in [3.05, 3.63) is 137 Å². The van der Waals surface area contributed by atoms with Crippen molar-refractivity contribution in [3.8, 4) is 5.75 Å². The Labute approximate surface area is 178 Å². The standard InChI is InChI=1S/C29H24O/c1-3-9-24(10-4-1)15-16-26-18-21-29(22-19-26)30-23-28-14-8-7-13-27(28)20-17-25-11-5-2-6-12-25/h1-22H,23H2/b16-15+,20-17+. The van der Waals surface area contributed by atoms with Crippen LogP contribution < -0.4 is 4.74 Å². The Morgan fingerprint density at radius 2 is 0.967 bits per heavy atom. The molecule has 0 saturated heterocycles. The number of hydrogen-bond acceptors (Lipinski definition) is 1. The summed E-state index contributed by atoms with van der Waals surface area (Å²) in [4.78, 5) is 0. The molecular weight excluding hydrogens is 364 g/mol. The Kier molecular flexibility index (Phi) is 6.55. The zero-order valence-electron chi connectivity index (χ0n) is 16.8. The summed E-state index contributed by atoms with van der Waals surface area (Å²) >= 11 is 0. The SMILES string of the molecule is C(=C\c1ccc(OCc2ccccc2/C=C/c2ccccc2)cc1)/c1ccccc1. The molecule has 0 aliphatic heterocycles. The quantitative estimate of drug-likeness (QED) is 0.296. The van der Waals surface area contributed by atoms with Gasteiger partial charge in [-0.15, -0.1) is 0 Å². The molecule has 0 saturated carbocycles. The summed E-state index contributed by atoms with van der Waals surface area (Å²) in [6.07, 6.45) is 8.51. The van der Waals surface area contributed by atoms with Crippen LogP contribution in [0.15, 0.2) is 109 Å². The summed E-state index contributed by atoms with van der Waals surface area (Å²) in [5.74, 6) is 0.869. The summed E-state index contributed by atoms with van der Waals surface area (Å²) in [7, 11) is 0. The average molecular weight is 389 g/mol. The van der Waals surface area contributed by atoms with Gasteiger partial charge in [-0.05, 0) is 39.9 Å². The van der Waals surface area contributed by atoms with Gasteiger partial charge in [0.2, 0.25) is 0 Å². The van der Waals surface area contributed by atoms with E-state index in [0.29, 0.717) is 6.61 Å². The Bertz CT molecular complexity index is 1110. The van der Waals surface area contributed by atoms with Crippen molar-refractivity contribution in [3.63, 3.8) is 0 Å². The maximum atomic E-state index is 6.04. The van der Waals surface area contributed by atoms with Crippen LogP contribution in [0.4, 0.5) is 0 Å². The van der Waals surface area contributed by atoms with Crippen molar-refractivity contribution in [2.45, 2.75) is 6.61 Å². The lowest BCUT2D eigenvalue weighted by atomic mass is 10.1. The predicted molar refractivity (Wildman–Crippen MR) is 128 cm³/mol. The molecule has 0 heterocycles. The molecule has 0 radical (unpaired) electrons. The van der Waals surface area contributed by atoms with E-state index >= 15 is 0 Å². The van der Waals surface area contributed by atoms with Crippen molar-refractivity contribution >= 4 is 24.3 Å². The summed E-state index contributed by atoms with van der Waals surface area (Å²) in [5.41, 5.74) is 5.87. The van der Waals surface area contributed by atoms with E-state index < -0.39 is 0 Å². The number of hydrogen-bond donors (Lipinski definition) is 0. The summed E-state index contributed by atoms with van der Waals surface area (Å²) in [6.45, 7) is 0.536. The molecule has 0 unspecified atom stereocenters. The predicted octanol–water partition coefficient (Wildman–Crippen LogP) is 7.61. The van der Waals surface area contributed by atoms with Crippen molar-refractivity contribution < 1.29 is 4.74 Å². The van der Waals surface area contributed by atoms with Gasteiger partial charge in [-0.25, -0.2) is 0 Å². The maximum Gasteiger partial charge on any atom is 0.119 e. The Hall–Kier alpha value is -3.84. The normalized spacial score (nSPS) is 11.2. The van der Waals surface area contributed by atoms with Gasteiger partial charge in [0.25, 0.3) is 0 Å². The van der Waals surface area contributed by atoms with Gasteiger partial charge < -0.3 is 4.74 Å². The molecule has 0 aliphatic rings. The van der Waals surface area contributed by atoms with Crippen molar-refractivity contribution in [1.29, 1.82) is 0 Å². The van der Waals surface area contributed by atoms with Crippen LogP contribution in [-0.4, -0.2) is 0 Å². The molecule has 0 fully saturated rings. The van der Waals surface area contributed by atoms with Gasteiger partial charge in [0.05, 0.1) is 0 Å². The first-order valence-corrected chi connectivity index (χ1v) is 10.1. The van der Waals surface area contributed by atoms with E-state index in [1.54, 1.807) is 0 Å². The highest BCUT2D eigenvalue weighted by Crippen LogP contribution is 2.19. The van der Waals surface area contributed by atoms with E-state index in [4.69, 9.17) is 4.74 Å². The van der Waals surface area contributed by atoms with Gasteiger partial charge in [0, 0.05) is 0 Å². The fraction of sp³-hybridized carbons (Fsp3) is 0.0345. The third-order valence-electron chi connectivity index (χ3n) is 4.85. The van der Waals surface area contributed by atoms with Crippen molar-refractivity contribution in [2.75, 3.05) is 0 Å². The number of benzene rings is 4. The summed E-state index contributed by atoms with van der Waals surface area (Å²) < 4.78 is 6.04. The molecule has 1 heteroatoms. The van der Waals surface area contributed by atoms with Gasteiger partial charge in [0.15, 0.2) is 0 Å². The van der Waals surface area contributed by atoms with Crippen LogP contribution in [0.1, 0.15) is 27.8 Å². The highest BCUT2D eigenvalue weighted by molar-refractivity contribution is 5.71. The van der Waals surface area contributed by atoms with E-state index in [-0.39, 0.29) is 0 Å². The highest BCUT2D eigenvalue weighted by Gasteiger charge is 2.01. The van der Waals surface area contributed by atoms with Crippen LogP contribution in [-0.2, 0) is 6.61 Å². The molecule has 0 bridgehead atoms. The van der Waals surface area contributed by atoms with Crippen molar-refractivity contribution in [2.24, 2.45) is 0 Å². The van der Waals surface area contributed by atoms with Crippen LogP contribution >= 0.6 is 0 Å². The molecule has 30 heavy (non-hydrogen) atoms. The van der Waals surface area contributed by atoms with Crippen molar-refractivity contribution in [1.82, 2.24) is 0 Å². The Morgan fingerprint density at radius 3 is 1.60 bits per heavy atom. The first kappa shape index (κ1) is 19.5. The van der Waals surface area contributed by atoms with E-state index in [1.165, 1.54) is 16.7 Å². The smallest absolute Gasteiger partial charge is 0.119 e. The second-order valence-electron chi connectivity index (χ2n) is 7.04. The van der Waals surface area contributed by atoms with Gasteiger partial charge in [-0.3, -0.25) is 0 Å². The molecular formula is C29H24O. The van der Waals surface area contributed by atoms with Gasteiger partial charge >= 0.3 is 0 Å². The third kappa shape index (κ3) is 5.59. The molecule has 4 rings (SSSR count). The Morgan fingerprint density at radius 1 is 0.467 bits per heavy atom. The molecule has 1 nitrogen and oxygen atoms in total. The summed E-state index contributed by atoms with van der Waals surface area (Å²) in [6, 6.07) is 37.2. The van der Waals surface area contributed by atoms with E-state index in [0.717, 1.165) is 16.9 Å². The van der Waals surface area contributed by atoms with Crippen LogP contribution in [0.3, 0.4) is 0 Å². The fourth-order valence-electron chi connectivity index (χ4n) is 3.17. The number of ether oxygens (including phenoxy) is 1. The van der Waals surface area contributed by atoms with Crippen LogP contribution in [0, 0.1) is 0 Å². The molecule has 0 amide bonds. The topological polar surface area (TPSA) is 9.23 Å². The van der Waals surface area contributed by atoms with E-state index in [1.807, 2.05) is 48.5 Å². The molecule has 4 aromatic rings. The van der Waals surface area contributed by atoms with Crippen LogP contribution in [0.2, 0.25) is 0 Å². The molecule has 0 N–H and O–H groups in total. The minimum Gasteiger partial charge on any atom is -0.489 e.